The van der Waals surface area contributed by atoms with Crippen LogP contribution in [0.1, 0.15) is 12.5 Å². The Morgan fingerprint density at radius 1 is 1.18 bits per heavy atom. The van der Waals surface area contributed by atoms with E-state index in [-0.39, 0.29) is 34.6 Å². The minimum absolute atomic E-state index is 0.0111. The Kier molecular flexibility index (Phi) is 15.3. The number of ether oxygens (including phenoxy) is 2. The third-order valence-corrected chi connectivity index (χ3v) is 4.42. The summed E-state index contributed by atoms with van der Waals surface area (Å²) in [5.74, 6) is -1.05. The van der Waals surface area contributed by atoms with Gasteiger partial charge in [-0.25, -0.2) is 0 Å². The highest BCUT2D eigenvalue weighted by Gasteiger charge is 2.31. The van der Waals surface area contributed by atoms with Gasteiger partial charge in [-0.1, -0.05) is 11.6 Å². The number of hydrogen-bond donors (Lipinski definition) is 3. The Morgan fingerprint density at radius 2 is 1.76 bits per heavy atom. The highest BCUT2D eigenvalue weighted by atomic mass is 35.5. The van der Waals surface area contributed by atoms with Crippen molar-refractivity contribution in [2.24, 2.45) is 0 Å². The Balaban J connectivity index is 0.000000812. The molecule has 38 heavy (non-hydrogen) atoms. The summed E-state index contributed by atoms with van der Waals surface area (Å²) < 4.78 is 58.3. The number of aliphatic carboxylic acids is 1. The number of rotatable bonds is 9. The summed E-state index contributed by atoms with van der Waals surface area (Å²) in [4.78, 5) is 38.1. The van der Waals surface area contributed by atoms with E-state index in [4.69, 9.17) is 31.1 Å². The first-order valence-electron chi connectivity index (χ1n) is 10.3. The fourth-order valence-corrected chi connectivity index (χ4v) is 2.78. The molecule has 0 aromatic heterocycles. The van der Waals surface area contributed by atoms with E-state index in [1.165, 1.54) is 18.2 Å². The molecule has 3 N–H and O–H groups in total. The van der Waals surface area contributed by atoms with Gasteiger partial charge in [-0.2, -0.15) is 13.2 Å². The number of nitro groups is 1. The standard InChI is InChI=1S/C15H11ClF3NO4.C3H8NO5P.C3H9S/c1-2-23-14-8-10(4-5-12(14)20(21)22)24-13-6-3-9(7-11(13)16)15(17,18)19;5-3(6)1-4-2-10(7,8)9;1-4(2)3/h3-8H,2H2,1H3;4H,1-2H2,(H,5,6)(H2,7,8,9);1-3H3/q;;+1/p-1. The van der Waals surface area contributed by atoms with E-state index in [0.717, 1.165) is 18.2 Å². The van der Waals surface area contributed by atoms with Crippen molar-refractivity contribution in [3.05, 3.63) is 57.1 Å². The zero-order valence-corrected chi connectivity index (χ0v) is 23.1. The second kappa shape index (κ2) is 16.4. The van der Waals surface area contributed by atoms with Gasteiger partial charge in [-0.05, 0) is 42.1 Å². The van der Waals surface area contributed by atoms with E-state index < -0.39 is 43.1 Å². The molecule has 0 bridgehead atoms. The quantitative estimate of drug-likeness (QED) is 0.163. The van der Waals surface area contributed by atoms with Gasteiger partial charge in [0.1, 0.15) is 19.1 Å². The van der Waals surface area contributed by atoms with Crippen molar-refractivity contribution in [3.8, 4) is 17.2 Å². The van der Waals surface area contributed by atoms with Crippen LogP contribution in [-0.2, 0) is 26.4 Å². The molecule has 0 radical (unpaired) electrons. The van der Waals surface area contributed by atoms with E-state index in [9.17, 15) is 37.5 Å². The van der Waals surface area contributed by atoms with Gasteiger partial charge in [-0.3, -0.25) is 20.2 Å². The number of nitrogens with one attached hydrogen (secondary N) is 1. The van der Waals surface area contributed by atoms with Crippen molar-refractivity contribution in [1.82, 2.24) is 5.32 Å². The molecule has 0 heterocycles. The van der Waals surface area contributed by atoms with Gasteiger partial charge >= 0.3 is 17.8 Å². The smallest absolute Gasteiger partial charge is 0.416 e. The van der Waals surface area contributed by atoms with Gasteiger partial charge in [0.15, 0.2) is 0 Å². The second-order valence-corrected chi connectivity index (χ2v) is 11.9. The molecule has 0 fully saturated rings. The molecule has 0 aliphatic carbocycles. The number of carbonyl (C=O) groups is 1. The number of carboxylic acids is 1. The fourth-order valence-electron chi connectivity index (χ4n) is 2.17. The monoisotopic (exact) mass is 606 g/mol. The zero-order chi connectivity index (χ0) is 29.7. The maximum atomic E-state index is 12.6. The lowest BCUT2D eigenvalue weighted by Crippen LogP contribution is -2.25. The maximum Gasteiger partial charge on any atom is 0.416 e. The minimum Gasteiger partial charge on any atom is -0.778 e. The molecule has 0 saturated carbocycles. The molecule has 0 amide bonds. The van der Waals surface area contributed by atoms with Crippen molar-refractivity contribution in [3.63, 3.8) is 0 Å². The molecule has 17 heteroatoms. The highest BCUT2D eigenvalue weighted by molar-refractivity contribution is 7.94. The van der Waals surface area contributed by atoms with Crippen LogP contribution in [0.2, 0.25) is 5.02 Å². The fraction of sp³-hybridized carbons (Fsp3) is 0.381. The average Bonchev–Trinajstić information content (AvgIpc) is 2.73. The third kappa shape index (κ3) is 15.6. The number of nitrogens with zero attached hydrogens (tertiary/aromatic N) is 1. The summed E-state index contributed by atoms with van der Waals surface area (Å²) in [5.41, 5.74) is -1.15. The largest absolute Gasteiger partial charge is 0.778 e. The molecular weight excluding hydrogens is 580 g/mol. The van der Waals surface area contributed by atoms with E-state index in [0.29, 0.717) is 10.9 Å². The van der Waals surface area contributed by atoms with Crippen LogP contribution >= 0.6 is 19.2 Å². The topological polar surface area (TPSA) is 171 Å². The number of hydrogen-bond acceptors (Lipinski definition) is 8. The van der Waals surface area contributed by atoms with Gasteiger partial charge in [0.2, 0.25) is 5.75 Å². The predicted molar refractivity (Wildman–Crippen MR) is 136 cm³/mol. The van der Waals surface area contributed by atoms with Crippen molar-refractivity contribution >= 4 is 41.7 Å². The molecule has 2 rings (SSSR count). The van der Waals surface area contributed by atoms with Crippen LogP contribution in [0.15, 0.2) is 36.4 Å². The molecule has 2 aromatic carbocycles. The van der Waals surface area contributed by atoms with E-state index in [1.807, 2.05) is 5.32 Å². The van der Waals surface area contributed by atoms with Crippen LogP contribution in [0, 0.1) is 10.1 Å². The SMILES string of the molecule is CCOc1cc(Oc2ccc(C(F)(F)F)cc2Cl)ccc1[N+](=O)[O-].C[S+](C)C.O=C(O)CNCP(=O)([O-])O. The average molecular weight is 607 g/mol. The lowest BCUT2D eigenvalue weighted by molar-refractivity contribution is -0.385. The van der Waals surface area contributed by atoms with Crippen LogP contribution in [0.5, 0.6) is 17.2 Å². The van der Waals surface area contributed by atoms with E-state index in [2.05, 4.69) is 18.8 Å². The first-order valence-corrected chi connectivity index (χ1v) is 14.9. The van der Waals surface area contributed by atoms with Crippen molar-refractivity contribution in [2.75, 3.05) is 38.2 Å². The van der Waals surface area contributed by atoms with Crippen molar-refractivity contribution in [2.45, 2.75) is 13.1 Å². The molecule has 0 aliphatic rings. The second-order valence-electron chi connectivity index (χ2n) is 7.41. The Morgan fingerprint density at radius 3 is 2.18 bits per heavy atom. The summed E-state index contributed by atoms with van der Waals surface area (Å²) in [7, 11) is -3.71. The third-order valence-electron chi connectivity index (χ3n) is 3.50. The maximum absolute atomic E-state index is 12.6. The zero-order valence-electron chi connectivity index (χ0n) is 20.7. The predicted octanol–water partition coefficient (Wildman–Crippen LogP) is 4.12. The van der Waals surface area contributed by atoms with Crippen molar-refractivity contribution < 1.29 is 51.8 Å². The van der Waals surface area contributed by atoms with Crippen LogP contribution in [0.25, 0.3) is 0 Å². The molecule has 0 aliphatic heterocycles. The number of halogens is 4. The van der Waals surface area contributed by atoms with Crippen LogP contribution in [-0.4, -0.2) is 59.1 Å². The molecule has 1 unspecified atom stereocenters. The Labute approximate surface area is 224 Å². The Hall–Kier alpha value is -2.55. The van der Waals surface area contributed by atoms with Gasteiger partial charge in [0.25, 0.3) is 0 Å². The number of nitro benzene ring substituents is 1. The molecule has 11 nitrogen and oxygen atoms in total. The first-order chi connectivity index (χ1) is 17.4. The molecule has 1 atom stereocenters. The highest BCUT2D eigenvalue weighted by Crippen LogP contribution is 2.38. The Bertz CT molecular complexity index is 1120. The summed E-state index contributed by atoms with van der Waals surface area (Å²) >= 11 is 5.80. The lowest BCUT2D eigenvalue weighted by Gasteiger charge is -2.14. The minimum atomic E-state index is -4.52. The van der Waals surface area contributed by atoms with Gasteiger partial charge in [0.05, 0.1) is 53.7 Å². The summed E-state index contributed by atoms with van der Waals surface area (Å²) in [6, 6.07) is 6.40. The number of benzene rings is 2. The van der Waals surface area contributed by atoms with Crippen LogP contribution < -0.4 is 19.7 Å². The summed E-state index contributed by atoms with van der Waals surface area (Å²) in [6.45, 7) is 1.38. The molecule has 214 valence electrons. The van der Waals surface area contributed by atoms with Gasteiger partial charge < -0.3 is 28.9 Å². The van der Waals surface area contributed by atoms with Gasteiger partial charge in [-0.15, -0.1) is 0 Å². The normalized spacial score (nSPS) is 12.3. The van der Waals surface area contributed by atoms with Crippen LogP contribution in [0.3, 0.4) is 0 Å². The number of alkyl halides is 3. The van der Waals surface area contributed by atoms with E-state index >= 15 is 0 Å². The lowest BCUT2D eigenvalue weighted by atomic mass is 10.2. The molecular formula is C21H27ClF3N2O9PS. The van der Waals surface area contributed by atoms with E-state index in [1.54, 1.807) is 6.92 Å². The number of carboxylic acid groups (broad SMARTS) is 1. The first kappa shape index (κ1) is 35.5. The van der Waals surface area contributed by atoms with Crippen LogP contribution in [0.4, 0.5) is 18.9 Å². The molecule has 0 saturated heterocycles. The molecule has 2 aromatic rings. The van der Waals surface area contributed by atoms with Gasteiger partial charge in [0, 0.05) is 12.1 Å². The summed E-state index contributed by atoms with van der Waals surface area (Å²) in [6.07, 6.45) is 1.36. The summed E-state index contributed by atoms with van der Waals surface area (Å²) in [5, 5.41) is 20.6. The van der Waals surface area contributed by atoms with Crippen molar-refractivity contribution in [1.29, 1.82) is 0 Å². The molecule has 0 spiro atoms.